The molecule has 2 aromatic rings. The van der Waals surface area contributed by atoms with E-state index in [9.17, 15) is 30.2 Å². The minimum absolute atomic E-state index is 0.0619. The molecule has 1 aliphatic heterocycles. The first kappa shape index (κ1) is 17.6. The summed E-state index contributed by atoms with van der Waals surface area (Å²) in [6, 6.07) is 8.75. The summed E-state index contributed by atoms with van der Waals surface area (Å²) < 4.78 is 5.64. The number of hydrogen-bond acceptors (Lipinski definition) is 7. The molecule has 8 nitrogen and oxygen atoms in total. The molecule has 1 aliphatic carbocycles. The van der Waals surface area contributed by atoms with Crippen LogP contribution in [0.3, 0.4) is 0 Å². The molecule has 0 fully saturated rings. The number of rotatable bonds is 2. The van der Waals surface area contributed by atoms with Gasteiger partial charge in [-0.15, -0.1) is 0 Å². The lowest BCUT2D eigenvalue weighted by molar-refractivity contribution is -0.384. The van der Waals surface area contributed by atoms with Gasteiger partial charge in [-0.05, 0) is 23.8 Å². The van der Waals surface area contributed by atoms with Crippen molar-refractivity contribution in [1.82, 2.24) is 0 Å². The van der Waals surface area contributed by atoms with Gasteiger partial charge < -0.3 is 19.7 Å². The zero-order valence-electron chi connectivity index (χ0n) is 13.8. The first-order valence-electron chi connectivity index (χ1n) is 7.86. The van der Waals surface area contributed by atoms with E-state index < -0.39 is 27.6 Å². The lowest BCUT2D eigenvalue weighted by Crippen LogP contribution is -2.01. The first-order valence-corrected chi connectivity index (χ1v) is 8.24. The van der Waals surface area contributed by atoms with Crippen molar-refractivity contribution < 1.29 is 24.7 Å². The average molecular weight is 400 g/mol. The van der Waals surface area contributed by atoms with Gasteiger partial charge in [-0.25, -0.2) is 0 Å². The predicted octanol–water partition coefficient (Wildman–Crippen LogP) is 4.24. The molecule has 28 heavy (non-hydrogen) atoms. The molecular formula is C19H10ClNO7. The van der Waals surface area contributed by atoms with Crippen LogP contribution in [0.25, 0.3) is 33.4 Å². The van der Waals surface area contributed by atoms with Crippen molar-refractivity contribution in [3.05, 3.63) is 67.8 Å². The Labute approximate surface area is 161 Å². The minimum atomic E-state index is -0.674. The number of nitrogens with zero attached hydrogens (tertiary/aromatic N) is 1. The molecule has 0 atom stereocenters. The van der Waals surface area contributed by atoms with Crippen LogP contribution < -0.4 is 5.43 Å². The highest BCUT2D eigenvalue weighted by molar-refractivity contribution is 6.32. The smallest absolute Gasteiger partial charge is 0.288 e. The van der Waals surface area contributed by atoms with Crippen molar-refractivity contribution in [1.29, 1.82) is 0 Å². The molecule has 4 rings (SSSR count). The monoisotopic (exact) mass is 399 g/mol. The Balaban J connectivity index is 2.20. The molecule has 0 saturated heterocycles. The molecule has 0 saturated carbocycles. The van der Waals surface area contributed by atoms with Crippen LogP contribution in [0.5, 0.6) is 17.2 Å². The molecule has 1 heterocycles. The van der Waals surface area contributed by atoms with Crippen molar-refractivity contribution in [2.45, 2.75) is 0 Å². The van der Waals surface area contributed by atoms with E-state index in [1.54, 1.807) is 0 Å². The summed E-state index contributed by atoms with van der Waals surface area (Å²) in [5.41, 5.74) is 0.0824. The molecule has 2 aromatic carbocycles. The summed E-state index contributed by atoms with van der Waals surface area (Å²) in [6.45, 7) is 0. The Morgan fingerprint density at radius 2 is 1.68 bits per heavy atom. The molecule has 0 aromatic heterocycles. The number of nitro benzene ring substituents is 1. The van der Waals surface area contributed by atoms with Crippen molar-refractivity contribution >= 4 is 28.3 Å². The van der Waals surface area contributed by atoms with Crippen LogP contribution in [0.15, 0.2) is 51.7 Å². The molecule has 0 radical (unpaired) electrons. The van der Waals surface area contributed by atoms with Gasteiger partial charge in [0.2, 0.25) is 5.43 Å². The third-order valence-electron chi connectivity index (χ3n) is 4.33. The zero-order valence-corrected chi connectivity index (χ0v) is 14.6. The lowest BCUT2D eigenvalue weighted by atomic mass is 9.93. The highest BCUT2D eigenvalue weighted by Gasteiger charge is 2.23. The summed E-state index contributed by atoms with van der Waals surface area (Å²) >= 11 is 5.89. The maximum Gasteiger partial charge on any atom is 0.288 e. The molecular weight excluding hydrogens is 390 g/mol. The fourth-order valence-electron chi connectivity index (χ4n) is 3.05. The number of hydrogen-bond donors (Lipinski definition) is 3. The van der Waals surface area contributed by atoms with E-state index in [0.717, 1.165) is 12.1 Å². The van der Waals surface area contributed by atoms with Crippen LogP contribution >= 0.6 is 11.6 Å². The maximum absolute atomic E-state index is 11.8. The highest BCUT2D eigenvalue weighted by Crippen LogP contribution is 2.45. The van der Waals surface area contributed by atoms with Gasteiger partial charge >= 0.3 is 0 Å². The molecule has 0 unspecified atom stereocenters. The van der Waals surface area contributed by atoms with Gasteiger partial charge in [-0.2, -0.15) is 0 Å². The first-order chi connectivity index (χ1) is 13.3. The Morgan fingerprint density at radius 3 is 2.39 bits per heavy atom. The van der Waals surface area contributed by atoms with Crippen LogP contribution in [0.1, 0.15) is 0 Å². The molecule has 3 N–H and O–H groups in total. The van der Waals surface area contributed by atoms with E-state index >= 15 is 0 Å². The van der Waals surface area contributed by atoms with Crippen molar-refractivity contribution in [3.63, 3.8) is 0 Å². The topological polar surface area (TPSA) is 134 Å². The largest absolute Gasteiger partial charge is 0.504 e. The van der Waals surface area contributed by atoms with E-state index in [-0.39, 0.29) is 27.6 Å². The van der Waals surface area contributed by atoms with Crippen LogP contribution in [0.4, 0.5) is 5.69 Å². The second kappa shape index (κ2) is 6.14. The van der Waals surface area contributed by atoms with Crippen LogP contribution in [0, 0.1) is 10.1 Å². The molecule has 140 valence electrons. The number of nitro groups is 1. The fourth-order valence-corrected chi connectivity index (χ4v) is 3.24. The number of phenols is 3. The predicted molar refractivity (Wildman–Crippen MR) is 101 cm³/mol. The molecule has 9 heteroatoms. The number of fused-ring (bicyclic) bond motifs is 2. The van der Waals surface area contributed by atoms with Gasteiger partial charge in [0.1, 0.15) is 16.4 Å². The molecule has 0 amide bonds. The normalized spacial score (nSPS) is 11.2. The quantitative estimate of drug-likeness (QED) is 0.198. The standard InChI is InChI=1S/C19H10ClNO7/c20-11-2-1-8(3-12(11)21(26)27)19-9-4-13(22)15(24)6-17(9)28-18-7-16(25)14(23)5-10(18)19/h1-7,22-24H. The maximum atomic E-state index is 11.8. The molecule has 2 aliphatic rings. The SMILES string of the molecule is O=c1cc2oc3cc(O)c(O)cc3c(-c3ccc(Cl)c([N+](=O)[O-])c3)c-2cc1O. The van der Waals surface area contributed by atoms with E-state index in [0.29, 0.717) is 16.5 Å². The summed E-state index contributed by atoms with van der Waals surface area (Å²) in [4.78, 5) is 22.5. The highest BCUT2D eigenvalue weighted by atomic mass is 35.5. The third kappa shape index (κ3) is 2.67. The van der Waals surface area contributed by atoms with E-state index in [2.05, 4.69) is 0 Å². The van der Waals surface area contributed by atoms with Gasteiger partial charge in [0, 0.05) is 34.7 Å². The summed E-state index contributed by atoms with van der Waals surface area (Å²) in [7, 11) is 0. The number of phenolic OH excluding ortho intramolecular Hbond substituents is 3. The Hall–Kier alpha value is -3.78. The van der Waals surface area contributed by atoms with Gasteiger partial charge in [0.05, 0.1) is 4.92 Å². The van der Waals surface area contributed by atoms with Crippen molar-refractivity contribution in [2.75, 3.05) is 0 Å². The lowest BCUT2D eigenvalue weighted by Gasteiger charge is -2.16. The fraction of sp³-hybridized carbons (Fsp3) is 0. The van der Waals surface area contributed by atoms with Crippen molar-refractivity contribution in [3.8, 4) is 39.7 Å². The van der Waals surface area contributed by atoms with E-state index in [1.165, 1.54) is 30.3 Å². The average Bonchev–Trinajstić information content (AvgIpc) is 2.63. The number of halogens is 1. The van der Waals surface area contributed by atoms with Crippen LogP contribution in [0.2, 0.25) is 5.02 Å². The summed E-state index contributed by atoms with van der Waals surface area (Å²) in [6.07, 6.45) is 0. The van der Waals surface area contributed by atoms with E-state index in [1.807, 2.05) is 0 Å². The number of aromatic hydroxyl groups is 3. The second-order valence-corrected chi connectivity index (χ2v) is 6.46. The van der Waals surface area contributed by atoms with Crippen LogP contribution in [-0.4, -0.2) is 20.2 Å². The third-order valence-corrected chi connectivity index (χ3v) is 4.65. The summed E-state index contributed by atoms with van der Waals surface area (Å²) in [5, 5.41) is 41.1. The zero-order chi connectivity index (χ0) is 20.2. The Bertz CT molecular complexity index is 1310. The molecule has 0 spiro atoms. The summed E-state index contributed by atoms with van der Waals surface area (Å²) in [5.74, 6) is -1.32. The second-order valence-electron chi connectivity index (χ2n) is 6.05. The van der Waals surface area contributed by atoms with Gasteiger partial charge in [0.15, 0.2) is 17.2 Å². The number of benzene rings is 3. The van der Waals surface area contributed by atoms with Gasteiger partial charge in [0.25, 0.3) is 5.69 Å². The van der Waals surface area contributed by atoms with Crippen LogP contribution in [-0.2, 0) is 0 Å². The van der Waals surface area contributed by atoms with Crippen molar-refractivity contribution in [2.24, 2.45) is 0 Å². The van der Waals surface area contributed by atoms with Gasteiger partial charge in [-0.3, -0.25) is 14.9 Å². The minimum Gasteiger partial charge on any atom is -0.504 e. The van der Waals surface area contributed by atoms with E-state index in [4.69, 9.17) is 16.0 Å². The molecule has 0 bridgehead atoms. The Morgan fingerprint density at radius 1 is 0.964 bits per heavy atom. The Kier molecular flexibility index (Phi) is 3.86. The van der Waals surface area contributed by atoms with Gasteiger partial charge in [-0.1, -0.05) is 17.7 Å².